The summed E-state index contributed by atoms with van der Waals surface area (Å²) in [5.41, 5.74) is 1.12. The van der Waals surface area contributed by atoms with Gasteiger partial charge in [-0.15, -0.1) is 0 Å². The zero-order valence-corrected chi connectivity index (χ0v) is 14.4. The van der Waals surface area contributed by atoms with Crippen molar-refractivity contribution in [2.24, 2.45) is 0 Å². The van der Waals surface area contributed by atoms with Crippen molar-refractivity contribution in [2.75, 3.05) is 18.0 Å². The minimum Gasteiger partial charge on any atom is -0.351 e. The fraction of sp³-hybridized carbons (Fsp3) is 0.588. The van der Waals surface area contributed by atoms with Gasteiger partial charge in [0.25, 0.3) is 5.56 Å². The van der Waals surface area contributed by atoms with E-state index in [2.05, 4.69) is 25.5 Å². The van der Waals surface area contributed by atoms with Crippen LogP contribution in [0.1, 0.15) is 44.7 Å². The van der Waals surface area contributed by atoms with Crippen LogP contribution in [0.3, 0.4) is 0 Å². The summed E-state index contributed by atoms with van der Waals surface area (Å²) < 4.78 is 1.57. The van der Waals surface area contributed by atoms with Crippen molar-refractivity contribution in [3.63, 3.8) is 0 Å². The zero-order valence-electron chi connectivity index (χ0n) is 14.4. The third kappa shape index (κ3) is 3.84. The van der Waals surface area contributed by atoms with Gasteiger partial charge in [-0.2, -0.15) is 10.2 Å². The molecule has 1 unspecified atom stereocenters. The maximum Gasteiger partial charge on any atom is 0.267 e. The smallest absolute Gasteiger partial charge is 0.267 e. The highest BCUT2D eigenvalue weighted by Crippen LogP contribution is 2.22. The molecule has 2 aromatic heterocycles. The molecule has 24 heavy (non-hydrogen) atoms. The highest BCUT2D eigenvalue weighted by atomic mass is 16.1. The van der Waals surface area contributed by atoms with Gasteiger partial charge >= 0.3 is 0 Å². The molecule has 130 valence electrons. The Balaban J connectivity index is 1.69. The second kappa shape index (κ2) is 7.61. The maximum atomic E-state index is 11.9. The van der Waals surface area contributed by atoms with Gasteiger partial charge in [0.2, 0.25) is 0 Å². The van der Waals surface area contributed by atoms with E-state index in [0.29, 0.717) is 6.04 Å². The van der Waals surface area contributed by atoms with Crippen LogP contribution in [-0.4, -0.2) is 39.1 Å². The first-order valence-electron chi connectivity index (χ1n) is 8.70. The van der Waals surface area contributed by atoms with Crippen molar-refractivity contribution >= 4 is 5.82 Å². The van der Waals surface area contributed by atoms with Crippen molar-refractivity contribution in [3.8, 4) is 0 Å². The standard InChI is InChI=1S/C17H26N6O/c1-13(2)23-17(24)7-6-16(21-23)22-8-4-3-5-15(22)12-18-9-14-10-19-20-11-14/h6-7,10-11,13,15,18H,3-5,8-9,12H2,1-2H3,(H,19,20). The number of piperidine rings is 1. The Kier molecular flexibility index (Phi) is 5.30. The average molecular weight is 330 g/mol. The number of rotatable bonds is 6. The third-order valence-corrected chi connectivity index (χ3v) is 4.49. The molecule has 7 heteroatoms. The van der Waals surface area contributed by atoms with Crippen molar-refractivity contribution in [1.29, 1.82) is 0 Å². The van der Waals surface area contributed by atoms with Gasteiger partial charge < -0.3 is 10.2 Å². The summed E-state index contributed by atoms with van der Waals surface area (Å²) in [6, 6.07) is 3.96. The maximum absolute atomic E-state index is 11.9. The van der Waals surface area contributed by atoms with Crippen LogP contribution in [0.4, 0.5) is 5.82 Å². The molecule has 1 saturated heterocycles. The van der Waals surface area contributed by atoms with Gasteiger partial charge in [-0.3, -0.25) is 9.89 Å². The molecule has 2 N–H and O–H groups in total. The lowest BCUT2D eigenvalue weighted by molar-refractivity contribution is 0.423. The first kappa shape index (κ1) is 16.7. The topological polar surface area (TPSA) is 78.8 Å². The van der Waals surface area contributed by atoms with Crippen LogP contribution in [0.15, 0.2) is 29.3 Å². The average Bonchev–Trinajstić information content (AvgIpc) is 3.09. The summed E-state index contributed by atoms with van der Waals surface area (Å²) in [6.07, 6.45) is 7.29. The number of hydrogen-bond donors (Lipinski definition) is 2. The molecule has 3 heterocycles. The molecule has 0 spiro atoms. The first-order valence-corrected chi connectivity index (χ1v) is 8.70. The SMILES string of the molecule is CC(C)n1nc(N2CCCCC2CNCc2cn[nH]c2)ccc1=O. The molecular formula is C17H26N6O. The predicted octanol–water partition coefficient (Wildman–Crippen LogP) is 1.70. The summed E-state index contributed by atoms with van der Waals surface area (Å²) in [7, 11) is 0. The van der Waals surface area contributed by atoms with Crippen LogP contribution in [0.25, 0.3) is 0 Å². The number of aromatic nitrogens is 4. The lowest BCUT2D eigenvalue weighted by atomic mass is 10.0. The summed E-state index contributed by atoms with van der Waals surface area (Å²) in [5, 5.41) is 14.9. The van der Waals surface area contributed by atoms with Crippen LogP contribution in [0, 0.1) is 0 Å². The van der Waals surface area contributed by atoms with E-state index in [1.165, 1.54) is 12.8 Å². The van der Waals surface area contributed by atoms with E-state index in [1.807, 2.05) is 32.3 Å². The molecule has 1 atom stereocenters. The van der Waals surface area contributed by atoms with Crippen LogP contribution in [0.2, 0.25) is 0 Å². The summed E-state index contributed by atoms with van der Waals surface area (Å²) in [6.45, 7) is 6.66. The van der Waals surface area contributed by atoms with Crippen LogP contribution < -0.4 is 15.8 Å². The molecule has 3 rings (SSSR count). The van der Waals surface area contributed by atoms with Gasteiger partial charge in [0.15, 0.2) is 0 Å². The number of anilines is 1. The molecule has 0 saturated carbocycles. The van der Waals surface area contributed by atoms with Gasteiger partial charge in [0.05, 0.1) is 12.2 Å². The van der Waals surface area contributed by atoms with E-state index in [9.17, 15) is 4.79 Å². The molecule has 0 radical (unpaired) electrons. The Labute approximate surface area is 142 Å². The molecule has 7 nitrogen and oxygen atoms in total. The van der Waals surface area contributed by atoms with Crippen LogP contribution in [0.5, 0.6) is 0 Å². The normalized spacial score (nSPS) is 18.3. The minimum absolute atomic E-state index is 0.0413. The molecule has 0 aliphatic carbocycles. The van der Waals surface area contributed by atoms with Crippen molar-refractivity contribution < 1.29 is 0 Å². The van der Waals surface area contributed by atoms with E-state index >= 15 is 0 Å². The number of hydrogen-bond acceptors (Lipinski definition) is 5. The van der Waals surface area contributed by atoms with E-state index in [4.69, 9.17) is 0 Å². The molecule has 1 aliphatic heterocycles. The number of nitrogens with one attached hydrogen (secondary N) is 2. The second-order valence-electron chi connectivity index (χ2n) is 6.65. The fourth-order valence-corrected chi connectivity index (χ4v) is 3.21. The van der Waals surface area contributed by atoms with Gasteiger partial charge in [0.1, 0.15) is 5.82 Å². The Morgan fingerprint density at radius 2 is 2.25 bits per heavy atom. The quantitative estimate of drug-likeness (QED) is 0.843. The monoisotopic (exact) mass is 330 g/mol. The highest BCUT2D eigenvalue weighted by Gasteiger charge is 2.24. The number of H-pyrrole nitrogens is 1. The first-order chi connectivity index (χ1) is 11.6. The molecule has 2 aromatic rings. The highest BCUT2D eigenvalue weighted by molar-refractivity contribution is 5.39. The van der Waals surface area contributed by atoms with Crippen molar-refractivity contribution in [2.45, 2.75) is 51.7 Å². The van der Waals surface area contributed by atoms with Crippen LogP contribution in [-0.2, 0) is 6.54 Å². The molecule has 0 bridgehead atoms. The van der Waals surface area contributed by atoms with Crippen molar-refractivity contribution in [1.82, 2.24) is 25.3 Å². The molecule has 0 aromatic carbocycles. The Hall–Kier alpha value is -2.15. The zero-order chi connectivity index (χ0) is 16.9. The van der Waals surface area contributed by atoms with E-state index < -0.39 is 0 Å². The van der Waals surface area contributed by atoms with Crippen molar-refractivity contribution in [3.05, 3.63) is 40.4 Å². The molecule has 1 fully saturated rings. The molecule has 0 amide bonds. The summed E-state index contributed by atoms with van der Waals surface area (Å²) >= 11 is 0. The Morgan fingerprint density at radius 3 is 3.00 bits per heavy atom. The summed E-state index contributed by atoms with van der Waals surface area (Å²) in [5.74, 6) is 0.901. The third-order valence-electron chi connectivity index (χ3n) is 4.49. The van der Waals surface area contributed by atoms with E-state index in [1.54, 1.807) is 10.7 Å². The lowest BCUT2D eigenvalue weighted by Crippen LogP contribution is -2.46. The van der Waals surface area contributed by atoms with Gasteiger partial charge in [0, 0.05) is 43.5 Å². The Morgan fingerprint density at radius 1 is 1.38 bits per heavy atom. The van der Waals surface area contributed by atoms with Crippen LogP contribution >= 0.6 is 0 Å². The van der Waals surface area contributed by atoms with E-state index in [0.717, 1.165) is 37.4 Å². The van der Waals surface area contributed by atoms with Gasteiger partial charge in [-0.1, -0.05) is 0 Å². The van der Waals surface area contributed by atoms with E-state index in [-0.39, 0.29) is 11.6 Å². The second-order valence-corrected chi connectivity index (χ2v) is 6.65. The fourth-order valence-electron chi connectivity index (χ4n) is 3.21. The molecular weight excluding hydrogens is 304 g/mol. The lowest BCUT2D eigenvalue weighted by Gasteiger charge is -2.37. The number of aromatic amines is 1. The van der Waals surface area contributed by atoms with Gasteiger partial charge in [-0.25, -0.2) is 4.68 Å². The Bertz CT molecular complexity index is 693. The minimum atomic E-state index is -0.0413. The number of nitrogens with zero attached hydrogens (tertiary/aromatic N) is 4. The molecule has 1 aliphatic rings. The van der Waals surface area contributed by atoms with Gasteiger partial charge in [-0.05, 0) is 39.2 Å². The predicted molar refractivity (Wildman–Crippen MR) is 94.2 cm³/mol. The largest absolute Gasteiger partial charge is 0.351 e. The summed E-state index contributed by atoms with van der Waals surface area (Å²) in [4.78, 5) is 14.3.